The Morgan fingerprint density at radius 1 is 1.05 bits per heavy atom. The van der Waals surface area contributed by atoms with Crippen LogP contribution in [-0.2, 0) is 17.4 Å². The number of anilines is 1. The molecule has 1 atom stereocenters. The average molecular weight is 307 g/mol. The maximum atomic E-state index is 12.6. The summed E-state index contributed by atoms with van der Waals surface area (Å²) in [5.74, 6) is -0.449. The molecule has 1 aliphatic heterocycles. The molecule has 2 N–H and O–H groups in total. The molecule has 0 spiro atoms. The number of rotatable bonds is 1. The Labute approximate surface area is 124 Å². The maximum absolute atomic E-state index is 12.6. The molecular weight excluding hydrogens is 295 g/mol. The highest BCUT2D eigenvalue weighted by Crippen LogP contribution is 2.32. The Balaban J connectivity index is 1.93. The van der Waals surface area contributed by atoms with Gasteiger partial charge in [-0.05, 0) is 41.0 Å². The molecule has 0 saturated carbocycles. The summed E-state index contributed by atoms with van der Waals surface area (Å²) >= 11 is 0. The second-order valence-electron chi connectivity index (χ2n) is 5.16. The van der Waals surface area contributed by atoms with Crippen molar-refractivity contribution in [3.8, 4) is 11.1 Å². The van der Waals surface area contributed by atoms with Crippen LogP contribution in [0.1, 0.15) is 11.1 Å². The number of fused-ring (bicyclic) bond motifs is 1. The smallest absolute Gasteiger partial charge is 0.383 e. The third kappa shape index (κ3) is 2.69. The van der Waals surface area contributed by atoms with Gasteiger partial charge in [0.25, 0.3) is 5.91 Å². The zero-order valence-electron chi connectivity index (χ0n) is 11.3. The van der Waals surface area contributed by atoms with E-state index in [0.29, 0.717) is 11.3 Å². The summed E-state index contributed by atoms with van der Waals surface area (Å²) in [6, 6.07) is 10.0. The number of benzene rings is 2. The SMILES string of the molecule is O=C1Nc2ccc(-c3ccc(C(F)(F)F)cc3)cc2CC1O. The van der Waals surface area contributed by atoms with Crippen LogP contribution in [0.15, 0.2) is 42.5 Å². The van der Waals surface area contributed by atoms with E-state index in [-0.39, 0.29) is 6.42 Å². The van der Waals surface area contributed by atoms with Gasteiger partial charge >= 0.3 is 6.18 Å². The van der Waals surface area contributed by atoms with E-state index in [1.54, 1.807) is 18.2 Å². The lowest BCUT2D eigenvalue weighted by Gasteiger charge is -2.21. The van der Waals surface area contributed by atoms with E-state index in [2.05, 4.69) is 5.32 Å². The number of halogens is 3. The van der Waals surface area contributed by atoms with E-state index >= 15 is 0 Å². The number of aliphatic hydroxyl groups is 1. The fraction of sp³-hybridized carbons (Fsp3) is 0.188. The molecule has 22 heavy (non-hydrogen) atoms. The number of hydrogen-bond acceptors (Lipinski definition) is 2. The van der Waals surface area contributed by atoms with Crippen molar-refractivity contribution in [2.75, 3.05) is 5.32 Å². The summed E-state index contributed by atoms with van der Waals surface area (Å²) in [4.78, 5) is 11.4. The Kier molecular flexibility index (Phi) is 3.41. The van der Waals surface area contributed by atoms with Crippen molar-refractivity contribution in [3.05, 3.63) is 53.6 Å². The Morgan fingerprint density at radius 3 is 2.32 bits per heavy atom. The molecule has 0 aliphatic carbocycles. The third-order valence-corrected chi connectivity index (χ3v) is 3.62. The van der Waals surface area contributed by atoms with E-state index < -0.39 is 23.8 Å². The molecule has 2 aromatic rings. The molecule has 0 aromatic heterocycles. The molecule has 1 heterocycles. The number of amides is 1. The Morgan fingerprint density at radius 2 is 1.68 bits per heavy atom. The molecule has 0 bridgehead atoms. The first-order valence-electron chi connectivity index (χ1n) is 6.64. The lowest BCUT2D eigenvalue weighted by Crippen LogP contribution is -2.34. The van der Waals surface area contributed by atoms with Gasteiger partial charge in [-0.15, -0.1) is 0 Å². The molecule has 0 radical (unpaired) electrons. The minimum atomic E-state index is -4.36. The minimum absolute atomic E-state index is 0.190. The average Bonchev–Trinajstić information content (AvgIpc) is 2.47. The summed E-state index contributed by atoms with van der Waals surface area (Å²) in [7, 11) is 0. The highest BCUT2D eigenvalue weighted by atomic mass is 19.4. The first-order valence-corrected chi connectivity index (χ1v) is 6.64. The van der Waals surface area contributed by atoms with Gasteiger partial charge in [0.05, 0.1) is 5.56 Å². The lowest BCUT2D eigenvalue weighted by molar-refractivity contribution is -0.137. The summed E-state index contributed by atoms with van der Waals surface area (Å²) in [5, 5.41) is 12.2. The van der Waals surface area contributed by atoms with Gasteiger partial charge in [-0.25, -0.2) is 0 Å². The summed E-state index contributed by atoms with van der Waals surface area (Å²) < 4.78 is 37.7. The van der Waals surface area contributed by atoms with Crippen molar-refractivity contribution in [3.63, 3.8) is 0 Å². The topological polar surface area (TPSA) is 49.3 Å². The molecule has 3 nitrogen and oxygen atoms in total. The molecule has 0 saturated heterocycles. The van der Waals surface area contributed by atoms with Gasteiger partial charge in [0.15, 0.2) is 0 Å². The van der Waals surface area contributed by atoms with Crippen molar-refractivity contribution in [2.24, 2.45) is 0 Å². The van der Waals surface area contributed by atoms with Gasteiger partial charge < -0.3 is 10.4 Å². The largest absolute Gasteiger partial charge is 0.416 e. The molecule has 2 aromatic carbocycles. The molecule has 6 heteroatoms. The summed E-state index contributed by atoms with van der Waals surface area (Å²) in [5.41, 5.74) is 2.05. The van der Waals surface area contributed by atoms with E-state index in [1.807, 2.05) is 0 Å². The van der Waals surface area contributed by atoms with Crippen molar-refractivity contribution >= 4 is 11.6 Å². The van der Waals surface area contributed by atoms with E-state index in [9.17, 15) is 23.1 Å². The van der Waals surface area contributed by atoms with E-state index in [1.165, 1.54) is 12.1 Å². The van der Waals surface area contributed by atoms with Crippen LogP contribution in [0.4, 0.5) is 18.9 Å². The second kappa shape index (κ2) is 5.14. The summed E-state index contributed by atoms with van der Waals surface area (Å²) in [6.07, 6.45) is -5.27. The number of carbonyl (C=O) groups excluding carboxylic acids is 1. The highest BCUT2D eigenvalue weighted by Gasteiger charge is 2.30. The molecule has 0 fully saturated rings. The van der Waals surface area contributed by atoms with Gasteiger partial charge in [-0.2, -0.15) is 13.2 Å². The monoisotopic (exact) mass is 307 g/mol. The predicted octanol–water partition coefficient (Wildman–Crippen LogP) is 3.23. The maximum Gasteiger partial charge on any atom is 0.416 e. The summed E-state index contributed by atoms with van der Waals surface area (Å²) in [6.45, 7) is 0. The van der Waals surface area contributed by atoms with Gasteiger partial charge in [0, 0.05) is 12.1 Å². The number of hydrogen-bond donors (Lipinski definition) is 2. The number of carbonyl (C=O) groups is 1. The van der Waals surface area contributed by atoms with Crippen molar-refractivity contribution in [1.82, 2.24) is 0 Å². The zero-order valence-corrected chi connectivity index (χ0v) is 11.3. The van der Waals surface area contributed by atoms with Crippen molar-refractivity contribution in [1.29, 1.82) is 0 Å². The standard InChI is InChI=1S/C16H12F3NO2/c17-16(18,19)12-4-1-9(2-5-12)10-3-6-13-11(7-10)8-14(21)15(22)20-13/h1-7,14,21H,8H2,(H,20,22). The Bertz CT molecular complexity index is 723. The normalized spacial score (nSPS) is 17.8. The third-order valence-electron chi connectivity index (χ3n) is 3.62. The van der Waals surface area contributed by atoms with Crippen molar-refractivity contribution < 1.29 is 23.1 Å². The Hall–Kier alpha value is -2.34. The molecular formula is C16H12F3NO2. The molecule has 1 unspecified atom stereocenters. The minimum Gasteiger partial charge on any atom is -0.383 e. The molecule has 3 rings (SSSR count). The fourth-order valence-electron chi connectivity index (χ4n) is 2.43. The van der Waals surface area contributed by atoms with Gasteiger partial charge in [0.1, 0.15) is 6.10 Å². The van der Waals surface area contributed by atoms with Gasteiger partial charge in [-0.3, -0.25) is 4.79 Å². The quantitative estimate of drug-likeness (QED) is 0.850. The van der Waals surface area contributed by atoms with Crippen LogP contribution in [-0.4, -0.2) is 17.1 Å². The number of alkyl halides is 3. The molecule has 1 amide bonds. The van der Waals surface area contributed by atoms with Crippen LogP contribution in [0.3, 0.4) is 0 Å². The lowest BCUT2D eigenvalue weighted by atomic mass is 9.95. The van der Waals surface area contributed by atoms with Gasteiger partial charge in [-0.1, -0.05) is 18.2 Å². The first kappa shape index (κ1) is 14.6. The second-order valence-corrected chi connectivity index (χ2v) is 5.16. The van der Waals surface area contributed by atoms with Crippen molar-refractivity contribution in [2.45, 2.75) is 18.7 Å². The fourth-order valence-corrected chi connectivity index (χ4v) is 2.43. The predicted molar refractivity (Wildman–Crippen MR) is 75.2 cm³/mol. The number of aliphatic hydroxyl groups excluding tert-OH is 1. The van der Waals surface area contributed by atoms with Crippen LogP contribution in [0.5, 0.6) is 0 Å². The van der Waals surface area contributed by atoms with E-state index in [0.717, 1.165) is 23.3 Å². The number of nitrogens with one attached hydrogen (secondary N) is 1. The highest BCUT2D eigenvalue weighted by molar-refractivity contribution is 5.97. The molecule has 1 aliphatic rings. The van der Waals surface area contributed by atoms with Crippen LogP contribution in [0.25, 0.3) is 11.1 Å². The van der Waals surface area contributed by atoms with Gasteiger partial charge in [0.2, 0.25) is 0 Å². The zero-order chi connectivity index (χ0) is 15.9. The van der Waals surface area contributed by atoms with Crippen LogP contribution in [0.2, 0.25) is 0 Å². The van der Waals surface area contributed by atoms with E-state index in [4.69, 9.17) is 0 Å². The van der Waals surface area contributed by atoms with Crippen LogP contribution >= 0.6 is 0 Å². The van der Waals surface area contributed by atoms with Crippen LogP contribution in [0, 0.1) is 0 Å². The van der Waals surface area contributed by atoms with Crippen LogP contribution < -0.4 is 5.32 Å². The molecule has 114 valence electrons. The first-order chi connectivity index (χ1) is 10.3.